The molecule has 0 spiro atoms. The Bertz CT molecular complexity index is 216. The van der Waals surface area contributed by atoms with E-state index in [-0.39, 0.29) is 11.8 Å². The number of nitriles is 1. The number of carboxylic acid groups (broad SMARTS) is 1. The number of hydrogen-bond acceptors (Lipinski definition) is 3. The van der Waals surface area contributed by atoms with Crippen LogP contribution in [0.5, 0.6) is 0 Å². The van der Waals surface area contributed by atoms with Gasteiger partial charge in [0.2, 0.25) is 0 Å². The number of aliphatic carboxylic acids is 1. The van der Waals surface area contributed by atoms with E-state index < -0.39 is 5.97 Å². The van der Waals surface area contributed by atoms with E-state index in [1.54, 1.807) is 6.92 Å². The van der Waals surface area contributed by atoms with Crippen LogP contribution in [-0.4, -0.2) is 35.6 Å². The molecule has 1 heterocycles. The molecular formula is C8H12N2O2. The number of rotatable bonds is 3. The van der Waals surface area contributed by atoms with Crippen LogP contribution < -0.4 is 0 Å². The summed E-state index contributed by atoms with van der Waals surface area (Å²) in [4.78, 5) is 12.5. The number of hydrogen-bond donors (Lipinski definition) is 1. The van der Waals surface area contributed by atoms with Gasteiger partial charge in [-0.05, 0) is 5.92 Å². The molecule has 0 aromatic carbocycles. The lowest BCUT2D eigenvalue weighted by atomic mass is 9.87. The highest BCUT2D eigenvalue weighted by Gasteiger charge is 2.34. The number of carboxylic acids is 1. The fourth-order valence-electron chi connectivity index (χ4n) is 1.36. The SMILES string of the molecule is CC(C(=O)O)C1CN(CC#N)C1. The van der Waals surface area contributed by atoms with Crippen molar-refractivity contribution in [2.24, 2.45) is 11.8 Å². The van der Waals surface area contributed by atoms with Crippen LogP contribution in [0.1, 0.15) is 6.92 Å². The molecule has 66 valence electrons. The predicted octanol–water partition coefficient (Wildman–Crippen LogP) is 0.162. The molecule has 12 heavy (non-hydrogen) atoms. The van der Waals surface area contributed by atoms with E-state index in [0.29, 0.717) is 6.54 Å². The zero-order valence-electron chi connectivity index (χ0n) is 7.03. The first-order valence-corrected chi connectivity index (χ1v) is 3.97. The predicted molar refractivity (Wildman–Crippen MR) is 42.3 cm³/mol. The lowest BCUT2D eigenvalue weighted by Crippen LogP contribution is -2.50. The first kappa shape index (κ1) is 9.01. The van der Waals surface area contributed by atoms with Crippen LogP contribution in [0.3, 0.4) is 0 Å². The van der Waals surface area contributed by atoms with Crippen molar-refractivity contribution in [3.63, 3.8) is 0 Å². The van der Waals surface area contributed by atoms with Crippen LogP contribution in [0.15, 0.2) is 0 Å². The lowest BCUT2D eigenvalue weighted by molar-refractivity contribution is -0.145. The Morgan fingerprint density at radius 2 is 2.42 bits per heavy atom. The molecule has 0 aliphatic carbocycles. The van der Waals surface area contributed by atoms with E-state index in [4.69, 9.17) is 10.4 Å². The Morgan fingerprint density at radius 1 is 1.83 bits per heavy atom. The summed E-state index contributed by atoms with van der Waals surface area (Å²) >= 11 is 0. The van der Waals surface area contributed by atoms with Crippen LogP contribution in [0.4, 0.5) is 0 Å². The van der Waals surface area contributed by atoms with Crippen molar-refractivity contribution >= 4 is 5.97 Å². The van der Waals surface area contributed by atoms with E-state index >= 15 is 0 Å². The highest BCUT2D eigenvalue weighted by atomic mass is 16.4. The van der Waals surface area contributed by atoms with Crippen molar-refractivity contribution in [2.45, 2.75) is 6.92 Å². The molecule has 1 atom stereocenters. The van der Waals surface area contributed by atoms with Gasteiger partial charge in [0, 0.05) is 13.1 Å². The second-order valence-corrected chi connectivity index (χ2v) is 3.24. The van der Waals surface area contributed by atoms with Crippen LogP contribution in [-0.2, 0) is 4.79 Å². The summed E-state index contributed by atoms with van der Waals surface area (Å²) < 4.78 is 0. The second-order valence-electron chi connectivity index (χ2n) is 3.24. The summed E-state index contributed by atoms with van der Waals surface area (Å²) in [5, 5.41) is 17.0. The van der Waals surface area contributed by atoms with Gasteiger partial charge in [0.25, 0.3) is 0 Å². The summed E-state index contributed by atoms with van der Waals surface area (Å²) in [5.74, 6) is -0.785. The standard InChI is InChI=1S/C8H12N2O2/c1-6(8(11)12)7-4-10(5-7)3-2-9/h6-7H,3-5H2,1H3,(H,11,12). The molecule has 1 aliphatic heterocycles. The molecule has 4 nitrogen and oxygen atoms in total. The Balaban J connectivity index is 2.26. The largest absolute Gasteiger partial charge is 0.481 e. The number of likely N-dealkylation sites (tertiary alicyclic amines) is 1. The van der Waals surface area contributed by atoms with Gasteiger partial charge in [-0.3, -0.25) is 9.69 Å². The first-order valence-electron chi connectivity index (χ1n) is 3.97. The second kappa shape index (κ2) is 3.55. The molecule has 0 aromatic rings. The van der Waals surface area contributed by atoms with Gasteiger partial charge >= 0.3 is 5.97 Å². The highest BCUT2D eigenvalue weighted by molar-refractivity contribution is 5.70. The smallest absolute Gasteiger partial charge is 0.306 e. The van der Waals surface area contributed by atoms with Crippen molar-refractivity contribution in [3.8, 4) is 6.07 Å². The maximum Gasteiger partial charge on any atom is 0.306 e. The van der Waals surface area contributed by atoms with E-state index in [9.17, 15) is 4.79 Å². The van der Waals surface area contributed by atoms with Crippen molar-refractivity contribution < 1.29 is 9.90 Å². The van der Waals surface area contributed by atoms with Crippen molar-refractivity contribution in [3.05, 3.63) is 0 Å². The van der Waals surface area contributed by atoms with E-state index in [2.05, 4.69) is 0 Å². The van der Waals surface area contributed by atoms with Gasteiger partial charge in [-0.1, -0.05) is 6.92 Å². The summed E-state index contributed by atoms with van der Waals surface area (Å²) in [6, 6.07) is 2.04. The molecule has 1 rings (SSSR count). The molecule has 4 heteroatoms. The third kappa shape index (κ3) is 1.74. The summed E-state index contributed by atoms with van der Waals surface area (Å²) in [6.07, 6.45) is 0. The minimum absolute atomic E-state index is 0.232. The Labute approximate surface area is 71.4 Å². The maximum atomic E-state index is 10.5. The van der Waals surface area contributed by atoms with Gasteiger partial charge in [0.1, 0.15) is 0 Å². The van der Waals surface area contributed by atoms with E-state index in [1.807, 2.05) is 11.0 Å². The first-order chi connectivity index (χ1) is 5.65. The monoisotopic (exact) mass is 168 g/mol. The lowest BCUT2D eigenvalue weighted by Gasteiger charge is -2.39. The topological polar surface area (TPSA) is 64.3 Å². The number of nitrogens with zero attached hydrogens (tertiary/aromatic N) is 2. The van der Waals surface area contributed by atoms with E-state index in [1.165, 1.54) is 0 Å². The minimum Gasteiger partial charge on any atom is -0.481 e. The molecule has 1 saturated heterocycles. The van der Waals surface area contributed by atoms with Crippen LogP contribution >= 0.6 is 0 Å². The molecule has 0 radical (unpaired) electrons. The number of carbonyl (C=O) groups is 1. The summed E-state index contributed by atoms with van der Waals surface area (Å²) in [7, 11) is 0. The molecule has 0 saturated carbocycles. The quantitative estimate of drug-likeness (QED) is 0.610. The van der Waals surface area contributed by atoms with E-state index in [0.717, 1.165) is 13.1 Å². The van der Waals surface area contributed by atoms with Gasteiger partial charge in [0.05, 0.1) is 18.5 Å². The molecule has 1 fully saturated rings. The Kier molecular flexibility index (Phi) is 2.66. The molecule has 0 amide bonds. The third-order valence-electron chi connectivity index (χ3n) is 2.38. The zero-order chi connectivity index (χ0) is 9.14. The fourth-order valence-corrected chi connectivity index (χ4v) is 1.36. The molecule has 1 aliphatic rings. The normalized spacial score (nSPS) is 21.0. The molecule has 1 unspecified atom stereocenters. The Morgan fingerprint density at radius 3 is 2.83 bits per heavy atom. The third-order valence-corrected chi connectivity index (χ3v) is 2.38. The van der Waals surface area contributed by atoms with Crippen LogP contribution in [0.25, 0.3) is 0 Å². The van der Waals surface area contributed by atoms with Crippen molar-refractivity contribution in [1.82, 2.24) is 4.90 Å². The van der Waals surface area contributed by atoms with Crippen LogP contribution in [0, 0.1) is 23.2 Å². The van der Waals surface area contributed by atoms with Gasteiger partial charge < -0.3 is 5.11 Å². The summed E-state index contributed by atoms with van der Waals surface area (Å²) in [5.41, 5.74) is 0. The summed E-state index contributed by atoms with van der Waals surface area (Å²) in [6.45, 7) is 3.64. The van der Waals surface area contributed by atoms with Gasteiger partial charge in [-0.25, -0.2) is 0 Å². The van der Waals surface area contributed by atoms with Gasteiger partial charge in [-0.15, -0.1) is 0 Å². The highest BCUT2D eigenvalue weighted by Crippen LogP contribution is 2.23. The van der Waals surface area contributed by atoms with Gasteiger partial charge in [-0.2, -0.15) is 5.26 Å². The van der Waals surface area contributed by atoms with Crippen molar-refractivity contribution in [2.75, 3.05) is 19.6 Å². The molecular weight excluding hydrogens is 156 g/mol. The molecule has 0 bridgehead atoms. The van der Waals surface area contributed by atoms with Gasteiger partial charge in [0.15, 0.2) is 0 Å². The average Bonchev–Trinajstić information content (AvgIpc) is 1.94. The molecule has 1 N–H and O–H groups in total. The maximum absolute atomic E-state index is 10.5. The average molecular weight is 168 g/mol. The Hall–Kier alpha value is -1.08. The minimum atomic E-state index is -0.739. The van der Waals surface area contributed by atoms with Crippen LogP contribution in [0.2, 0.25) is 0 Å². The van der Waals surface area contributed by atoms with Crippen molar-refractivity contribution in [1.29, 1.82) is 5.26 Å². The molecule has 0 aromatic heterocycles. The fraction of sp³-hybridized carbons (Fsp3) is 0.750. The zero-order valence-corrected chi connectivity index (χ0v) is 7.03.